The molecule has 0 aliphatic heterocycles. The molecule has 0 heterocycles. The molecular formula is C9H13NO. The van der Waals surface area contributed by atoms with Crippen LogP contribution in [0.1, 0.15) is 13.8 Å². The van der Waals surface area contributed by atoms with Crippen LogP contribution in [0.4, 0.5) is 0 Å². The average molecular weight is 151 g/mol. The molecule has 0 atom stereocenters. The molecule has 0 spiro atoms. The van der Waals surface area contributed by atoms with Gasteiger partial charge in [0.1, 0.15) is 0 Å². The van der Waals surface area contributed by atoms with E-state index < -0.39 is 5.91 Å². The Kier molecular flexibility index (Phi) is 3.31. The van der Waals surface area contributed by atoms with E-state index in [1.807, 2.05) is 13.8 Å². The van der Waals surface area contributed by atoms with Gasteiger partial charge in [-0.3, -0.25) is 4.79 Å². The van der Waals surface area contributed by atoms with Crippen molar-refractivity contribution in [2.75, 3.05) is 0 Å². The van der Waals surface area contributed by atoms with Crippen LogP contribution in [-0.2, 0) is 4.79 Å². The fourth-order valence-electron chi connectivity index (χ4n) is 0.811. The van der Waals surface area contributed by atoms with Crippen molar-refractivity contribution in [1.82, 2.24) is 0 Å². The highest BCUT2D eigenvalue weighted by molar-refractivity contribution is 5.97. The van der Waals surface area contributed by atoms with Crippen LogP contribution in [0.5, 0.6) is 0 Å². The number of carbonyl (C=O) groups is 1. The standard InChI is InChI=1S/C9H13NO/c1-5-8(6(2)3)7(4)9(10)11/h5H,2,4H2,1,3H3,(H2,10,11)/b8-5-. The van der Waals surface area contributed by atoms with Gasteiger partial charge >= 0.3 is 0 Å². The normalized spacial score (nSPS) is 10.9. The lowest BCUT2D eigenvalue weighted by Crippen LogP contribution is -2.14. The van der Waals surface area contributed by atoms with E-state index in [2.05, 4.69) is 13.2 Å². The summed E-state index contributed by atoms with van der Waals surface area (Å²) in [6.45, 7) is 10.9. The van der Waals surface area contributed by atoms with E-state index in [4.69, 9.17) is 5.73 Å². The Balaban J connectivity index is 4.69. The summed E-state index contributed by atoms with van der Waals surface area (Å²) in [5.41, 5.74) is 6.89. The summed E-state index contributed by atoms with van der Waals surface area (Å²) < 4.78 is 0. The van der Waals surface area contributed by atoms with Crippen molar-refractivity contribution in [2.24, 2.45) is 5.73 Å². The molecule has 0 aromatic carbocycles. The first-order valence-electron chi connectivity index (χ1n) is 3.32. The Bertz CT molecular complexity index is 236. The maximum atomic E-state index is 10.6. The van der Waals surface area contributed by atoms with Gasteiger partial charge in [0.25, 0.3) is 0 Å². The van der Waals surface area contributed by atoms with Crippen LogP contribution in [0, 0.1) is 0 Å². The molecule has 0 aromatic rings. The second-order valence-electron chi connectivity index (χ2n) is 2.33. The lowest BCUT2D eigenvalue weighted by atomic mass is 10.0. The van der Waals surface area contributed by atoms with Gasteiger partial charge in [0.15, 0.2) is 0 Å². The first-order chi connectivity index (χ1) is 5.00. The number of carbonyl (C=O) groups excluding carboxylic acids is 1. The Morgan fingerprint density at radius 2 is 1.91 bits per heavy atom. The molecular weight excluding hydrogens is 138 g/mol. The van der Waals surface area contributed by atoms with Gasteiger partial charge in [-0.1, -0.05) is 24.8 Å². The molecule has 0 aromatic heterocycles. The molecule has 11 heavy (non-hydrogen) atoms. The van der Waals surface area contributed by atoms with Gasteiger partial charge in [0, 0.05) is 5.57 Å². The summed E-state index contributed by atoms with van der Waals surface area (Å²) in [6.07, 6.45) is 1.77. The van der Waals surface area contributed by atoms with E-state index in [9.17, 15) is 4.79 Å². The molecule has 0 aliphatic carbocycles. The molecule has 0 fully saturated rings. The minimum absolute atomic E-state index is 0.319. The van der Waals surface area contributed by atoms with Crippen LogP contribution in [-0.4, -0.2) is 5.91 Å². The minimum Gasteiger partial charge on any atom is -0.366 e. The molecule has 2 heteroatoms. The summed E-state index contributed by atoms with van der Waals surface area (Å²) in [5, 5.41) is 0. The molecule has 0 saturated heterocycles. The lowest BCUT2D eigenvalue weighted by Gasteiger charge is -2.05. The van der Waals surface area contributed by atoms with E-state index in [-0.39, 0.29) is 0 Å². The summed E-state index contributed by atoms with van der Waals surface area (Å²) >= 11 is 0. The van der Waals surface area contributed by atoms with E-state index in [1.54, 1.807) is 6.08 Å². The van der Waals surface area contributed by atoms with Crippen molar-refractivity contribution in [3.8, 4) is 0 Å². The largest absolute Gasteiger partial charge is 0.366 e. The highest BCUT2D eigenvalue weighted by Gasteiger charge is 2.06. The zero-order valence-electron chi connectivity index (χ0n) is 6.98. The van der Waals surface area contributed by atoms with Crippen LogP contribution < -0.4 is 5.73 Å². The number of nitrogens with two attached hydrogens (primary N) is 1. The highest BCUT2D eigenvalue weighted by Crippen LogP contribution is 2.14. The first-order valence-corrected chi connectivity index (χ1v) is 3.32. The predicted octanol–water partition coefficient (Wildman–Crippen LogP) is 1.55. The quantitative estimate of drug-likeness (QED) is 0.482. The molecule has 0 aliphatic rings. The topological polar surface area (TPSA) is 43.1 Å². The molecule has 2 nitrogen and oxygen atoms in total. The van der Waals surface area contributed by atoms with Gasteiger partial charge in [-0.05, 0) is 19.4 Å². The molecule has 60 valence electrons. The summed E-state index contributed by atoms with van der Waals surface area (Å²) in [5.74, 6) is -0.499. The van der Waals surface area contributed by atoms with E-state index in [0.29, 0.717) is 5.57 Å². The molecule has 0 bridgehead atoms. The highest BCUT2D eigenvalue weighted by atomic mass is 16.1. The first kappa shape index (κ1) is 9.69. The third kappa shape index (κ3) is 2.42. The summed E-state index contributed by atoms with van der Waals surface area (Å²) in [4.78, 5) is 10.6. The Hall–Kier alpha value is -1.31. The van der Waals surface area contributed by atoms with Gasteiger partial charge in [0.05, 0.1) is 0 Å². The van der Waals surface area contributed by atoms with Crippen molar-refractivity contribution in [1.29, 1.82) is 0 Å². The monoisotopic (exact) mass is 151 g/mol. The van der Waals surface area contributed by atoms with Crippen molar-refractivity contribution in [3.63, 3.8) is 0 Å². The van der Waals surface area contributed by atoms with Gasteiger partial charge in [-0.25, -0.2) is 0 Å². The van der Waals surface area contributed by atoms with Crippen molar-refractivity contribution < 1.29 is 4.79 Å². The Morgan fingerprint density at radius 3 is 2.00 bits per heavy atom. The molecule has 2 N–H and O–H groups in total. The van der Waals surface area contributed by atoms with Crippen LogP contribution in [0.15, 0.2) is 36.0 Å². The number of hydrogen-bond acceptors (Lipinski definition) is 1. The number of primary amides is 1. The van der Waals surface area contributed by atoms with Crippen molar-refractivity contribution >= 4 is 5.91 Å². The zero-order valence-corrected chi connectivity index (χ0v) is 6.98. The maximum Gasteiger partial charge on any atom is 0.248 e. The molecule has 0 unspecified atom stereocenters. The Labute approximate surface area is 67.1 Å². The fraction of sp³-hybridized carbons (Fsp3) is 0.222. The van der Waals surface area contributed by atoms with Crippen LogP contribution in [0.25, 0.3) is 0 Å². The van der Waals surface area contributed by atoms with E-state index in [1.165, 1.54) is 0 Å². The second-order valence-corrected chi connectivity index (χ2v) is 2.33. The zero-order chi connectivity index (χ0) is 9.02. The maximum absolute atomic E-state index is 10.6. The number of rotatable bonds is 3. The van der Waals surface area contributed by atoms with Crippen LogP contribution in [0.2, 0.25) is 0 Å². The van der Waals surface area contributed by atoms with Gasteiger partial charge in [0.2, 0.25) is 5.91 Å². The summed E-state index contributed by atoms with van der Waals surface area (Å²) in [7, 11) is 0. The van der Waals surface area contributed by atoms with Crippen molar-refractivity contribution in [3.05, 3.63) is 36.0 Å². The smallest absolute Gasteiger partial charge is 0.248 e. The van der Waals surface area contributed by atoms with E-state index in [0.717, 1.165) is 11.1 Å². The minimum atomic E-state index is -0.499. The number of hydrogen-bond donors (Lipinski definition) is 1. The van der Waals surface area contributed by atoms with Crippen LogP contribution in [0.3, 0.4) is 0 Å². The van der Waals surface area contributed by atoms with Gasteiger partial charge in [-0.2, -0.15) is 0 Å². The third-order valence-electron chi connectivity index (χ3n) is 1.37. The van der Waals surface area contributed by atoms with Crippen molar-refractivity contribution in [2.45, 2.75) is 13.8 Å². The van der Waals surface area contributed by atoms with Gasteiger partial charge < -0.3 is 5.73 Å². The van der Waals surface area contributed by atoms with E-state index >= 15 is 0 Å². The molecule has 0 rings (SSSR count). The third-order valence-corrected chi connectivity index (χ3v) is 1.37. The number of allylic oxidation sites excluding steroid dienone is 2. The van der Waals surface area contributed by atoms with Gasteiger partial charge in [-0.15, -0.1) is 0 Å². The number of amides is 1. The summed E-state index contributed by atoms with van der Waals surface area (Å²) in [6, 6.07) is 0. The molecule has 0 saturated carbocycles. The molecule has 1 amide bonds. The fourth-order valence-corrected chi connectivity index (χ4v) is 0.811. The lowest BCUT2D eigenvalue weighted by molar-refractivity contribution is -0.114. The average Bonchev–Trinajstić information content (AvgIpc) is 1.88. The SMILES string of the molecule is C=C(C)/C(=C/C)C(=C)C(N)=O. The second kappa shape index (κ2) is 3.76. The van der Waals surface area contributed by atoms with Crippen LogP contribution >= 0.6 is 0 Å². The predicted molar refractivity (Wildman–Crippen MR) is 46.9 cm³/mol. The molecule has 0 radical (unpaired) electrons. The Morgan fingerprint density at radius 1 is 1.45 bits per heavy atom.